The van der Waals surface area contributed by atoms with Crippen LogP contribution in [0, 0.1) is 0 Å². The molecular formula is C20H18ClN3O4. The molecule has 144 valence electrons. The lowest BCUT2D eigenvalue weighted by Gasteiger charge is -2.28. The third-order valence-electron chi connectivity index (χ3n) is 4.72. The normalized spacial score (nSPS) is 13.2. The fourth-order valence-corrected chi connectivity index (χ4v) is 3.46. The number of carbonyl (C=O) groups is 1. The molecule has 28 heavy (non-hydrogen) atoms. The zero-order valence-electron chi connectivity index (χ0n) is 15.4. The molecule has 0 radical (unpaired) electrons. The largest absolute Gasteiger partial charge is 0.493 e. The van der Waals surface area contributed by atoms with Crippen LogP contribution in [0.4, 0.5) is 0 Å². The van der Waals surface area contributed by atoms with E-state index in [-0.39, 0.29) is 17.7 Å². The Morgan fingerprint density at radius 1 is 1.11 bits per heavy atom. The Balaban J connectivity index is 1.57. The van der Waals surface area contributed by atoms with Crippen LogP contribution in [0.2, 0.25) is 5.02 Å². The van der Waals surface area contributed by atoms with Crippen LogP contribution >= 0.6 is 11.6 Å². The summed E-state index contributed by atoms with van der Waals surface area (Å²) in [7, 11) is 3.19. The highest BCUT2D eigenvalue weighted by atomic mass is 35.5. The number of fused-ring (bicyclic) bond motifs is 1. The highest BCUT2D eigenvalue weighted by Crippen LogP contribution is 2.33. The zero-order valence-corrected chi connectivity index (χ0v) is 16.2. The van der Waals surface area contributed by atoms with Gasteiger partial charge in [-0.2, -0.15) is 0 Å². The minimum absolute atomic E-state index is 0.0566. The van der Waals surface area contributed by atoms with Gasteiger partial charge in [0.25, 0.3) is 0 Å². The van der Waals surface area contributed by atoms with E-state index in [1.807, 2.05) is 24.3 Å². The molecule has 3 aromatic rings. The lowest BCUT2D eigenvalue weighted by Crippen LogP contribution is -2.36. The van der Waals surface area contributed by atoms with Crippen molar-refractivity contribution < 1.29 is 18.7 Å². The second-order valence-corrected chi connectivity index (χ2v) is 6.75. The first kappa shape index (κ1) is 18.3. The van der Waals surface area contributed by atoms with E-state index < -0.39 is 0 Å². The van der Waals surface area contributed by atoms with Gasteiger partial charge in [0.05, 0.1) is 24.8 Å². The molecule has 8 heteroatoms. The summed E-state index contributed by atoms with van der Waals surface area (Å²) in [6.07, 6.45) is 0.701. The molecule has 1 amide bonds. The SMILES string of the molecule is COc1cc2c(cc1OC)CN(C(=O)c1nnc(-c3ccccc3Cl)o1)CC2. The van der Waals surface area contributed by atoms with Gasteiger partial charge in [-0.1, -0.05) is 23.7 Å². The quantitative estimate of drug-likeness (QED) is 0.667. The van der Waals surface area contributed by atoms with Crippen molar-refractivity contribution in [1.82, 2.24) is 15.1 Å². The fraction of sp³-hybridized carbons (Fsp3) is 0.250. The van der Waals surface area contributed by atoms with E-state index in [4.69, 9.17) is 25.5 Å². The number of benzene rings is 2. The van der Waals surface area contributed by atoms with Crippen LogP contribution in [0.1, 0.15) is 21.8 Å². The molecule has 0 atom stereocenters. The highest BCUT2D eigenvalue weighted by molar-refractivity contribution is 6.33. The summed E-state index contributed by atoms with van der Waals surface area (Å²) in [5.74, 6) is 1.17. The van der Waals surface area contributed by atoms with E-state index in [0.29, 0.717) is 41.6 Å². The Bertz CT molecular complexity index is 1030. The second kappa shape index (κ2) is 7.52. The van der Waals surface area contributed by atoms with Gasteiger partial charge in [0.2, 0.25) is 5.89 Å². The van der Waals surface area contributed by atoms with Crippen LogP contribution in [-0.2, 0) is 13.0 Å². The van der Waals surface area contributed by atoms with Gasteiger partial charge in [-0.05, 0) is 41.8 Å². The number of nitrogens with zero attached hydrogens (tertiary/aromatic N) is 3. The van der Waals surface area contributed by atoms with Gasteiger partial charge in [0.15, 0.2) is 11.5 Å². The van der Waals surface area contributed by atoms with Gasteiger partial charge in [0, 0.05) is 13.1 Å². The fourth-order valence-electron chi connectivity index (χ4n) is 3.24. The first-order chi connectivity index (χ1) is 13.6. The summed E-state index contributed by atoms with van der Waals surface area (Å²) < 4.78 is 16.3. The van der Waals surface area contributed by atoms with E-state index in [2.05, 4.69) is 10.2 Å². The summed E-state index contributed by atoms with van der Waals surface area (Å²) in [6, 6.07) is 11.0. The number of halogens is 1. The third kappa shape index (κ3) is 3.29. The van der Waals surface area contributed by atoms with Crippen molar-refractivity contribution >= 4 is 17.5 Å². The number of ether oxygens (including phenoxy) is 2. The average Bonchev–Trinajstić information content (AvgIpc) is 3.22. The molecule has 0 aliphatic carbocycles. The molecule has 2 heterocycles. The van der Waals surface area contributed by atoms with Crippen LogP contribution in [0.3, 0.4) is 0 Å². The molecule has 4 rings (SSSR count). The Morgan fingerprint density at radius 2 is 1.82 bits per heavy atom. The first-order valence-electron chi connectivity index (χ1n) is 8.72. The second-order valence-electron chi connectivity index (χ2n) is 6.34. The van der Waals surface area contributed by atoms with Gasteiger partial charge in [-0.3, -0.25) is 4.79 Å². The summed E-state index contributed by atoms with van der Waals surface area (Å²) in [6.45, 7) is 0.976. The number of carbonyl (C=O) groups excluding carboxylic acids is 1. The molecule has 0 saturated carbocycles. The Kier molecular flexibility index (Phi) is 4.92. The summed E-state index contributed by atoms with van der Waals surface area (Å²) >= 11 is 6.16. The number of amides is 1. The van der Waals surface area contributed by atoms with Crippen LogP contribution in [0.25, 0.3) is 11.5 Å². The van der Waals surface area contributed by atoms with Gasteiger partial charge < -0.3 is 18.8 Å². The maximum Gasteiger partial charge on any atom is 0.311 e. The maximum absolute atomic E-state index is 12.9. The molecule has 1 aromatic heterocycles. The predicted molar refractivity (Wildman–Crippen MR) is 103 cm³/mol. The summed E-state index contributed by atoms with van der Waals surface area (Å²) in [5, 5.41) is 8.37. The molecule has 0 unspecified atom stereocenters. The molecule has 0 fully saturated rings. The van der Waals surface area contributed by atoms with Crippen molar-refractivity contribution in [1.29, 1.82) is 0 Å². The summed E-state index contributed by atoms with van der Waals surface area (Å²) in [5.41, 5.74) is 2.73. The van der Waals surface area contributed by atoms with E-state index in [9.17, 15) is 4.79 Å². The summed E-state index contributed by atoms with van der Waals surface area (Å²) in [4.78, 5) is 14.5. The van der Waals surface area contributed by atoms with Gasteiger partial charge in [0.1, 0.15) is 0 Å². The number of hydrogen-bond acceptors (Lipinski definition) is 6. The van der Waals surface area contributed by atoms with Crippen molar-refractivity contribution in [2.24, 2.45) is 0 Å². The van der Waals surface area contributed by atoms with Crippen molar-refractivity contribution in [3.63, 3.8) is 0 Å². The number of aromatic nitrogens is 2. The minimum Gasteiger partial charge on any atom is -0.493 e. The lowest BCUT2D eigenvalue weighted by molar-refractivity contribution is 0.0694. The van der Waals surface area contributed by atoms with Gasteiger partial charge >= 0.3 is 11.8 Å². The number of hydrogen-bond donors (Lipinski definition) is 0. The third-order valence-corrected chi connectivity index (χ3v) is 5.05. The van der Waals surface area contributed by atoms with Crippen molar-refractivity contribution in [2.45, 2.75) is 13.0 Å². The van der Waals surface area contributed by atoms with Crippen molar-refractivity contribution in [2.75, 3.05) is 20.8 Å². The highest BCUT2D eigenvalue weighted by Gasteiger charge is 2.27. The monoisotopic (exact) mass is 399 g/mol. The van der Waals surface area contributed by atoms with Crippen LogP contribution in [0.15, 0.2) is 40.8 Å². The predicted octanol–water partition coefficient (Wildman–Crippen LogP) is 3.61. The smallest absolute Gasteiger partial charge is 0.311 e. The topological polar surface area (TPSA) is 77.7 Å². The van der Waals surface area contributed by atoms with Gasteiger partial charge in [-0.15, -0.1) is 10.2 Å². The van der Waals surface area contributed by atoms with Crippen LogP contribution in [0.5, 0.6) is 11.5 Å². The molecule has 2 aromatic carbocycles. The van der Waals surface area contributed by atoms with E-state index >= 15 is 0 Å². The maximum atomic E-state index is 12.9. The molecule has 1 aliphatic heterocycles. The Hall–Kier alpha value is -3.06. The lowest BCUT2D eigenvalue weighted by atomic mass is 9.98. The van der Waals surface area contributed by atoms with Crippen molar-refractivity contribution in [3.8, 4) is 23.0 Å². The molecule has 1 aliphatic rings. The van der Waals surface area contributed by atoms with Gasteiger partial charge in [-0.25, -0.2) is 0 Å². The molecule has 0 bridgehead atoms. The van der Waals surface area contributed by atoms with E-state index in [1.54, 1.807) is 31.3 Å². The molecular weight excluding hydrogens is 382 g/mol. The standard InChI is InChI=1S/C20H18ClN3O4/c1-26-16-9-12-7-8-24(11-13(12)10-17(16)27-2)20(25)19-23-22-18(28-19)14-5-3-4-6-15(14)21/h3-6,9-10H,7-8,11H2,1-2H3. The Labute approximate surface area is 166 Å². The van der Waals surface area contributed by atoms with E-state index in [0.717, 1.165) is 11.1 Å². The number of methoxy groups -OCH3 is 2. The van der Waals surface area contributed by atoms with Crippen molar-refractivity contribution in [3.05, 3.63) is 58.4 Å². The van der Waals surface area contributed by atoms with E-state index in [1.165, 1.54) is 0 Å². The van der Waals surface area contributed by atoms with Crippen LogP contribution < -0.4 is 9.47 Å². The Morgan fingerprint density at radius 3 is 2.54 bits per heavy atom. The van der Waals surface area contributed by atoms with Crippen LogP contribution in [-0.4, -0.2) is 41.8 Å². The number of rotatable bonds is 4. The average molecular weight is 400 g/mol. The first-order valence-corrected chi connectivity index (χ1v) is 9.10. The molecule has 0 saturated heterocycles. The zero-order chi connectivity index (χ0) is 19.7. The molecule has 7 nitrogen and oxygen atoms in total. The molecule has 0 spiro atoms. The minimum atomic E-state index is -0.314. The molecule has 0 N–H and O–H groups in total.